The van der Waals surface area contributed by atoms with Gasteiger partial charge in [-0.25, -0.2) is 0 Å². The van der Waals surface area contributed by atoms with Crippen molar-refractivity contribution >= 4 is 33.6 Å². The fourth-order valence-corrected chi connectivity index (χ4v) is 2.70. The molecule has 3 nitrogen and oxygen atoms in total. The predicted octanol–water partition coefficient (Wildman–Crippen LogP) is 3.03. The van der Waals surface area contributed by atoms with Gasteiger partial charge in [-0.05, 0) is 50.6 Å². The van der Waals surface area contributed by atoms with Crippen LogP contribution in [0.2, 0.25) is 0 Å². The molecule has 1 atom stereocenters. The first-order valence-corrected chi connectivity index (χ1v) is 7.89. The highest BCUT2D eigenvalue weighted by Gasteiger charge is 2.28. The Kier molecular flexibility index (Phi) is 6.36. The maximum Gasteiger partial charge on any atom is 0.236 e. The number of amides is 1. The third-order valence-corrected chi connectivity index (χ3v) is 4.48. The Morgan fingerprint density at radius 3 is 2.53 bits per heavy atom. The first-order chi connectivity index (χ1) is 8.85. The standard InChI is InChI=1S/C14H21BrN2OS/c1-10(8-16)9-17-13(18)14(2,3)19-12-6-4-11(15)5-7-12/h4-7,10H,8-9,16H2,1-3H3,(H,17,18). The number of halogens is 1. The van der Waals surface area contributed by atoms with Crippen molar-refractivity contribution in [1.29, 1.82) is 0 Å². The SMILES string of the molecule is CC(CN)CNC(=O)C(C)(C)Sc1ccc(Br)cc1. The minimum absolute atomic E-state index is 0.0423. The monoisotopic (exact) mass is 344 g/mol. The number of nitrogens with one attached hydrogen (secondary N) is 1. The van der Waals surface area contributed by atoms with Crippen molar-refractivity contribution in [2.24, 2.45) is 11.7 Å². The Hall–Kier alpha value is -0.520. The van der Waals surface area contributed by atoms with E-state index in [1.807, 2.05) is 45.0 Å². The van der Waals surface area contributed by atoms with Gasteiger partial charge in [-0.3, -0.25) is 4.79 Å². The second-order valence-corrected chi connectivity index (χ2v) is 7.73. The summed E-state index contributed by atoms with van der Waals surface area (Å²) in [4.78, 5) is 13.3. The molecule has 0 fully saturated rings. The molecule has 1 amide bonds. The van der Waals surface area contributed by atoms with Gasteiger partial charge in [-0.2, -0.15) is 0 Å². The van der Waals surface area contributed by atoms with E-state index < -0.39 is 4.75 Å². The Morgan fingerprint density at radius 2 is 2.00 bits per heavy atom. The molecular formula is C14H21BrN2OS. The van der Waals surface area contributed by atoms with Crippen LogP contribution in [-0.2, 0) is 4.79 Å². The van der Waals surface area contributed by atoms with E-state index in [1.54, 1.807) is 11.8 Å². The first kappa shape index (κ1) is 16.5. The summed E-state index contributed by atoms with van der Waals surface area (Å²) in [6, 6.07) is 7.97. The Labute approximate surface area is 127 Å². The molecule has 0 aliphatic rings. The van der Waals surface area contributed by atoms with E-state index in [0.717, 1.165) is 9.37 Å². The van der Waals surface area contributed by atoms with Gasteiger partial charge < -0.3 is 11.1 Å². The molecule has 1 aromatic rings. The number of benzene rings is 1. The number of nitrogens with two attached hydrogens (primary N) is 1. The highest BCUT2D eigenvalue weighted by molar-refractivity contribution is 9.10. The van der Waals surface area contributed by atoms with Crippen molar-refractivity contribution < 1.29 is 4.79 Å². The van der Waals surface area contributed by atoms with Gasteiger partial charge in [0.1, 0.15) is 0 Å². The summed E-state index contributed by atoms with van der Waals surface area (Å²) in [7, 11) is 0. The van der Waals surface area contributed by atoms with E-state index in [-0.39, 0.29) is 5.91 Å². The topological polar surface area (TPSA) is 55.1 Å². The minimum atomic E-state index is -0.498. The third kappa shape index (κ3) is 5.55. The molecule has 0 saturated heterocycles. The zero-order valence-electron chi connectivity index (χ0n) is 11.6. The fourth-order valence-electron chi connectivity index (χ4n) is 1.41. The molecule has 0 bridgehead atoms. The van der Waals surface area contributed by atoms with Gasteiger partial charge in [-0.15, -0.1) is 11.8 Å². The Morgan fingerprint density at radius 1 is 1.42 bits per heavy atom. The summed E-state index contributed by atoms with van der Waals surface area (Å²) in [6.45, 7) is 7.10. The maximum absolute atomic E-state index is 12.2. The lowest BCUT2D eigenvalue weighted by Crippen LogP contribution is -2.42. The van der Waals surface area contributed by atoms with Gasteiger partial charge in [0.15, 0.2) is 0 Å². The van der Waals surface area contributed by atoms with Crippen molar-refractivity contribution in [2.75, 3.05) is 13.1 Å². The second-order valence-electron chi connectivity index (χ2n) is 5.12. The largest absolute Gasteiger partial charge is 0.355 e. The molecule has 1 aromatic carbocycles. The maximum atomic E-state index is 12.2. The van der Waals surface area contributed by atoms with Crippen LogP contribution in [0.25, 0.3) is 0 Å². The van der Waals surface area contributed by atoms with Crippen LogP contribution in [0.3, 0.4) is 0 Å². The Balaban J connectivity index is 2.59. The van der Waals surface area contributed by atoms with Crippen molar-refractivity contribution in [3.63, 3.8) is 0 Å². The number of hydrogen-bond donors (Lipinski definition) is 2. The minimum Gasteiger partial charge on any atom is -0.355 e. The molecule has 0 aliphatic heterocycles. The zero-order chi connectivity index (χ0) is 14.5. The highest BCUT2D eigenvalue weighted by Crippen LogP contribution is 2.33. The molecular weight excluding hydrogens is 324 g/mol. The normalized spacial score (nSPS) is 13.1. The predicted molar refractivity (Wildman–Crippen MR) is 85.3 cm³/mol. The van der Waals surface area contributed by atoms with Crippen molar-refractivity contribution in [1.82, 2.24) is 5.32 Å². The average Bonchev–Trinajstić information content (AvgIpc) is 2.37. The van der Waals surface area contributed by atoms with E-state index in [1.165, 1.54) is 0 Å². The second kappa shape index (κ2) is 7.31. The number of carbonyl (C=O) groups excluding carboxylic acids is 1. The summed E-state index contributed by atoms with van der Waals surface area (Å²) in [5.74, 6) is 0.346. The van der Waals surface area contributed by atoms with E-state index in [2.05, 4.69) is 21.2 Å². The molecule has 19 heavy (non-hydrogen) atoms. The molecule has 0 heterocycles. The zero-order valence-corrected chi connectivity index (χ0v) is 14.0. The smallest absolute Gasteiger partial charge is 0.236 e. The van der Waals surface area contributed by atoms with E-state index in [9.17, 15) is 4.79 Å². The van der Waals surface area contributed by atoms with Crippen LogP contribution in [0.15, 0.2) is 33.6 Å². The lowest BCUT2D eigenvalue weighted by Gasteiger charge is -2.24. The van der Waals surface area contributed by atoms with Gasteiger partial charge >= 0.3 is 0 Å². The molecule has 3 N–H and O–H groups in total. The molecule has 1 unspecified atom stereocenters. The average molecular weight is 345 g/mol. The molecule has 0 radical (unpaired) electrons. The fraction of sp³-hybridized carbons (Fsp3) is 0.500. The van der Waals surface area contributed by atoms with Crippen molar-refractivity contribution in [3.8, 4) is 0 Å². The first-order valence-electron chi connectivity index (χ1n) is 6.28. The van der Waals surface area contributed by atoms with Crippen molar-refractivity contribution in [2.45, 2.75) is 30.4 Å². The third-order valence-electron chi connectivity index (χ3n) is 2.75. The number of rotatable bonds is 6. The molecule has 1 rings (SSSR count). The molecule has 0 saturated carbocycles. The number of thioether (sulfide) groups is 1. The van der Waals surface area contributed by atoms with Crippen LogP contribution in [0.5, 0.6) is 0 Å². The summed E-state index contributed by atoms with van der Waals surface area (Å²) >= 11 is 4.96. The molecule has 0 aliphatic carbocycles. The van der Waals surface area contributed by atoms with Gasteiger partial charge in [-0.1, -0.05) is 22.9 Å². The van der Waals surface area contributed by atoms with Crippen LogP contribution in [0.1, 0.15) is 20.8 Å². The summed E-state index contributed by atoms with van der Waals surface area (Å²) in [5.41, 5.74) is 5.54. The lowest BCUT2D eigenvalue weighted by atomic mass is 10.1. The van der Waals surface area contributed by atoms with Gasteiger partial charge in [0, 0.05) is 15.9 Å². The summed E-state index contributed by atoms with van der Waals surface area (Å²) in [6.07, 6.45) is 0. The van der Waals surface area contributed by atoms with Crippen LogP contribution >= 0.6 is 27.7 Å². The van der Waals surface area contributed by atoms with Crippen LogP contribution in [0, 0.1) is 5.92 Å². The van der Waals surface area contributed by atoms with Crippen LogP contribution < -0.4 is 11.1 Å². The van der Waals surface area contributed by atoms with E-state index in [4.69, 9.17) is 5.73 Å². The molecule has 106 valence electrons. The van der Waals surface area contributed by atoms with Gasteiger partial charge in [0.05, 0.1) is 4.75 Å². The van der Waals surface area contributed by atoms with E-state index >= 15 is 0 Å². The van der Waals surface area contributed by atoms with Crippen LogP contribution in [0.4, 0.5) is 0 Å². The summed E-state index contributed by atoms with van der Waals surface area (Å²) in [5, 5.41) is 2.96. The lowest BCUT2D eigenvalue weighted by molar-refractivity contribution is -0.122. The molecule has 0 spiro atoms. The highest BCUT2D eigenvalue weighted by atomic mass is 79.9. The van der Waals surface area contributed by atoms with E-state index in [0.29, 0.717) is 19.0 Å². The quantitative estimate of drug-likeness (QED) is 0.780. The van der Waals surface area contributed by atoms with Crippen LogP contribution in [-0.4, -0.2) is 23.7 Å². The van der Waals surface area contributed by atoms with Crippen molar-refractivity contribution in [3.05, 3.63) is 28.7 Å². The molecule has 5 heteroatoms. The Bertz CT molecular complexity index is 420. The number of carbonyl (C=O) groups is 1. The molecule has 0 aromatic heterocycles. The van der Waals surface area contributed by atoms with Gasteiger partial charge in [0.2, 0.25) is 5.91 Å². The summed E-state index contributed by atoms with van der Waals surface area (Å²) < 4.78 is 0.540. The number of hydrogen-bond acceptors (Lipinski definition) is 3. The van der Waals surface area contributed by atoms with Gasteiger partial charge in [0.25, 0.3) is 0 Å².